The molecule has 15 heavy (non-hydrogen) atoms. The largest absolute Gasteiger partial charge is 0.326 e. The van der Waals surface area contributed by atoms with Gasteiger partial charge in [0.15, 0.2) is 0 Å². The lowest BCUT2D eigenvalue weighted by atomic mass is 10.1. The molecule has 1 atom stereocenters. The van der Waals surface area contributed by atoms with Crippen LogP contribution in [0.1, 0.15) is 30.2 Å². The molecule has 3 nitrogen and oxygen atoms in total. The minimum Gasteiger partial charge on any atom is -0.326 e. The van der Waals surface area contributed by atoms with Gasteiger partial charge in [0, 0.05) is 17.8 Å². The number of aryl methyl sites for hydroxylation is 2. The summed E-state index contributed by atoms with van der Waals surface area (Å²) in [5.41, 5.74) is 2.85. The molecule has 0 saturated carbocycles. The van der Waals surface area contributed by atoms with Gasteiger partial charge in [0.2, 0.25) is 0 Å². The number of nitrogens with one attached hydrogen (secondary N) is 2. The van der Waals surface area contributed by atoms with Gasteiger partial charge in [-0.2, -0.15) is 0 Å². The number of halogens is 1. The minimum atomic E-state index is 0.0275. The maximum atomic E-state index is 11.7. The van der Waals surface area contributed by atoms with Crippen LogP contribution in [0.25, 0.3) is 0 Å². The summed E-state index contributed by atoms with van der Waals surface area (Å²) in [6, 6.07) is 2.01. The molecule has 0 spiro atoms. The van der Waals surface area contributed by atoms with E-state index in [1.165, 1.54) is 0 Å². The van der Waals surface area contributed by atoms with Crippen LogP contribution in [0, 0.1) is 13.8 Å². The van der Waals surface area contributed by atoms with E-state index in [1.807, 2.05) is 19.9 Å². The summed E-state index contributed by atoms with van der Waals surface area (Å²) in [6.07, 6.45) is 1.06. The number of H-pyrrole nitrogens is 1. The Kier molecular flexibility index (Phi) is 4.79. The van der Waals surface area contributed by atoms with Crippen molar-refractivity contribution in [2.45, 2.75) is 37.8 Å². The van der Waals surface area contributed by atoms with Crippen molar-refractivity contribution in [1.82, 2.24) is 10.3 Å². The molecule has 1 unspecified atom stereocenters. The quantitative estimate of drug-likeness (QED) is 0.508. The van der Waals surface area contributed by atoms with E-state index in [4.69, 9.17) is 0 Å². The summed E-state index contributed by atoms with van der Waals surface area (Å²) in [7, 11) is 0. The van der Waals surface area contributed by atoms with Crippen LogP contribution in [0.3, 0.4) is 0 Å². The van der Waals surface area contributed by atoms with E-state index in [0.717, 1.165) is 23.2 Å². The molecular weight excluding hydrogens is 303 g/mol. The molecule has 1 rings (SSSR count). The number of hydrogen-bond donors (Lipinski definition) is 2. The molecule has 4 heteroatoms. The first kappa shape index (κ1) is 12.7. The van der Waals surface area contributed by atoms with Crippen LogP contribution in [0.4, 0.5) is 0 Å². The van der Waals surface area contributed by atoms with Gasteiger partial charge in [-0.05, 0) is 31.9 Å². The molecule has 0 bridgehead atoms. The Morgan fingerprint density at radius 3 is 2.73 bits per heavy atom. The van der Waals surface area contributed by atoms with Crippen LogP contribution in [0.5, 0.6) is 0 Å². The predicted molar refractivity (Wildman–Crippen MR) is 71.5 cm³/mol. The third-order valence-electron chi connectivity index (χ3n) is 2.35. The molecule has 84 valence electrons. The van der Waals surface area contributed by atoms with Crippen molar-refractivity contribution < 1.29 is 0 Å². The molecule has 1 heterocycles. The Morgan fingerprint density at radius 1 is 1.53 bits per heavy atom. The normalized spacial score (nSPS) is 12.8. The average molecular weight is 320 g/mol. The van der Waals surface area contributed by atoms with Gasteiger partial charge < -0.3 is 10.3 Å². The number of alkyl halides is 1. The Bertz CT molecular complexity index is 387. The molecule has 1 aromatic rings. The first-order valence-electron chi connectivity index (χ1n) is 5.11. The number of rotatable bonds is 4. The number of hydrogen-bond acceptors (Lipinski definition) is 2. The van der Waals surface area contributed by atoms with Gasteiger partial charge in [0.1, 0.15) is 0 Å². The second-order valence-corrected chi connectivity index (χ2v) is 5.20. The fraction of sp³-hybridized carbons (Fsp3) is 0.545. The highest BCUT2D eigenvalue weighted by Gasteiger charge is 2.06. The van der Waals surface area contributed by atoms with Gasteiger partial charge in [0.05, 0.1) is 4.05 Å². The zero-order chi connectivity index (χ0) is 11.4. The highest BCUT2D eigenvalue weighted by atomic mass is 127. The Labute approximate surface area is 104 Å². The standard InChI is InChI=1S/C11H17IN2O/c1-4-10(12)13-6-9-7(2)5-8(3)14-11(9)15/h5,10,13H,4,6H2,1-3H3,(H,14,15). The zero-order valence-corrected chi connectivity index (χ0v) is 11.5. The van der Waals surface area contributed by atoms with Crippen molar-refractivity contribution in [2.75, 3.05) is 0 Å². The fourth-order valence-corrected chi connectivity index (χ4v) is 1.68. The van der Waals surface area contributed by atoms with Crippen LogP contribution in [-0.2, 0) is 6.54 Å². The van der Waals surface area contributed by atoms with E-state index in [-0.39, 0.29) is 5.56 Å². The molecular formula is C11H17IN2O. The monoisotopic (exact) mass is 320 g/mol. The molecule has 0 amide bonds. The van der Waals surface area contributed by atoms with E-state index in [0.29, 0.717) is 10.6 Å². The van der Waals surface area contributed by atoms with Crippen molar-refractivity contribution in [3.8, 4) is 0 Å². The highest BCUT2D eigenvalue weighted by Crippen LogP contribution is 2.06. The summed E-state index contributed by atoms with van der Waals surface area (Å²) in [5, 5.41) is 3.32. The van der Waals surface area contributed by atoms with E-state index in [9.17, 15) is 4.79 Å². The van der Waals surface area contributed by atoms with E-state index < -0.39 is 0 Å². The van der Waals surface area contributed by atoms with Crippen molar-refractivity contribution in [3.63, 3.8) is 0 Å². The Hall–Kier alpha value is -0.360. The summed E-state index contributed by atoms with van der Waals surface area (Å²) < 4.78 is 0.419. The molecule has 1 aromatic heterocycles. The van der Waals surface area contributed by atoms with Gasteiger partial charge in [0.25, 0.3) is 5.56 Å². The number of aromatic amines is 1. The Morgan fingerprint density at radius 2 is 2.20 bits per heavy atom. The summed E-state index contributed by atoms with van der Waals surface area (Å²) in [4.78, 5) is 14.5. The van der Waals surface area contributed by atoms with Crippen molar-refractivity contribution >= 4 is 22.6 Å². The topological polar surface area (TPSA) is 44.9 Å². The van der Waals surface area contributed by atoms with Crippen LogP contribution in [0.15, 0.2) is 10.9 Å². The number of pyridine rings is 1. The molecule has 0 aliphatic rings. The van der Waals surface area contributed by atoms with Gasteiger partial charge in [-0.15, -0.1) is 0 Å². The van der Waals surface area contributed by atoms with Gasteiger partial charge in [-0.25, -0.2) is 0 Å². The molecule has 0 aliphatic carbocycles. The van der Waals surface area contributed by atoms with Crippen LogP contribution in [0.2, 0.25) is 0 Å². The van der Waals surface area contributed by atoms with E-state index in [2.05, 4.69) is 39.8 Å². The SMILES string of the molecule is CCC(I)NCc1c(C)cc(C)[nH]c1=O. The molecule has 0 aromatic carbocycles. The fourth-order valence-electron chi connectivity index (χ4n) is 1.46. The van der Waals surface area contributed by atoms with Gasteiger partial charge in [-0.1, -0.05) is 29.5 Å². The van der Waals surface area contributed by atoms with Gasteiger partial charge >= 0.3 is 0 Å². The second kappa shape index (κ2) is 5.65. The summed E-state index contributed by atoms with van der Waals surface area (Å²) >= 11 is 2.34. The maximum Gasteiger partial charge on any atom is 0.252 e. The third kappa shape index (κ3) is 3.61. The lowest BCUT2D eigenvalue weighted by Crippen LogP contribution is -2.27. The predicted octanol–water partition coefficient (Wildman–Crippen LogP) is 2.25. The van der Waals surface area contributed by atoms with Crippen LogP contribution in [-0.4, -0.2) is 9.03 Å². The maximum absolute atomic E-state index is 11.7. The first-order valence-corrected chi connectivity index (χ1v) is 6.36. The average Bonchev–Trinajstić information content (AvgIpc) is 2.15. The third-order valence-corrected chi connectivity index (χ3v) is 3.67. The molecule has 0 aliphatic heterocycles. The van der Waals surface area contributed by atoms with E-state index >= 15 is 0 Å². The lowest BCUT2D eigenvalue weighted by Gasteiger charge is -2.11. The molecule has 0 radical (unpaired) electrons. The van der Waals surface area contributed by atoms with Crippen molar-refractivity contribution in [3.05, 3.63) is 33.2 Å². The molecule has 2 N–H and O–H groups in total. The summed E-state index contributed by atoms with van der Waals surface area (Å²) in [6.45, 7) is 6.64. The van der Waals surface area contributed by atoms with Gasteiger partial charge in [-0.3, -0.25) is 4.79 Å². The van der Waals surface area contributed by atoms with Crippen molar-refractivity contribution in [1.29, 1.82) is 0 Å². The Balaban J connectivity index is 2.82. The molecule has 0 fully saturated rings. The summed E-state index contributed by atoms with van der Waals surface area (Å²) in [5.74, 6) is 0. The van der Waals surface area contributed by atoms with E-state index in [1.54, 1.807) is 0 Å². The van der Waals surface area contributed by atoms with Crippen LogP contribution >= 0.6 is 22.6 Å². The lowest BCUT2D eigenvalue weighted by molar-refractivity contribution is 0.647. The second-order valence-electron chi connectivity index (χ2n) is 3.70. The molecule has 0 saturated heterocycles. The highest BCUT2D eigenvalue weighted by molar-refractivity contribution is 14.1. The minimum absolute atomic E-state index is 0.0275. The van der Waals surface area contributed by atoms with Crippen molar-refractivity contribution in [2.24, 2.45) is 0 Å². The first-order chi connectivity index (χ1) is 7.04. The van der Waals surface area contributed by atoms with Crippen LogP contribution < -0.4 is 10.9 Å². The smallest absolute Gasteiger partial charge is 0.252 e. The number of aromatic nitrogens is 1. The zero-order valence-electron chi connectivity index (χ0n) is 9.36.